The summed E-state index contributed by atoms with van der Waals surface area (Å²) < 4.78 is 17.0. The molecule has 0 saturated heterocycles. The van der Waals surface area contributed by atoms with Crippen LogP contribution in [0.15, 0.2) is 0 Å². The zero-order valence-electron chi connectivity index (χ0n) is 48.3. The highest BCUT2D eigenvalue weighted by molar-refractivity contribution is 5.71. The molecule has 0 aromatic rings. The summed E-state index contributed by atoms with van der Waals surface area (Å²) in [5.41, 5.74) is 0. The number of esters is 3. The molecular weight excluding hydrogens is 865 g/mol. The van der Waals surface area contributed by atoms with Crippen molar-refractivity contribution in [2.45, 2.75) is 362 Å². The number of ether oxygens (including phenoxy) is 3. The molecule has 0 heterocycles. The summed E-state index contributed by atoms with van der Waals surface area (Å²) in [6.45, 7) is 13.8. The van der Waals surface area contributed by atoms with E-state index in [4.69, 9.17) is 14.2 Å². The molecule has 0 aromatic carbocycles. The predicted molar refractivity (Wildman–Crippen MR) is 303 cm³/mol. The van der Waals surface area contributed by atoms with Crippen LogP contribution in [-0.2, 0) is 28.6 Å². The van der Waals surface area contributed by atoms with Crippen LogP contribution in [-0.4, -0.2) is 37.2 Å². The molecule has 0 aliphatic heterocycles. The van der Waals surface area contributed by atoms with Crippen LogP contribution >= 0.6 is 0 Å². The first-order chi connectivity index (χ1) is 34.1. The summed E-state index contributed by atoms with van der Waals surface area (Å²) in [7, 11) is 0. The molecule has 0 rings (SSSR count). The Hall–Kier alpha value is -1.59. The average Bonchev–Trinajstić information content (AvgIpc) is 3.32. The summed E-state index contributed by atoms with van der Waals surface area (Å²) in [6.07, 6.45) is 59.6. The van der Waals surface area contributed by atoms with E-state index in [1.807, 2.05) is 0 Å². The first-order valence-electron chi connectivity index (χ1n) is 31.6. The van der Waals surface area contributed by atoms with Gasteiger partial charge in [0.05, 0.1) is 0 Å². The van der Waals surface area contributed by atoms with Crippen LogP contribution < -0.4 is 0 Å². The van der Waals surface area contributed by atoms with Crippen LogP contribution in [0, 0.1) is 17.8 Å². The zero-order valence-corrected chi connectivity index (χ0v) is 48.3. The summed E-state index contributed by atoms with van der Waals surface area (Å²) in [4.78, 5) is 38.3. The van der Waals surface area contributed by atoms with Crippen molar-refractivity contribution in [3.05, 3.63) is 0 Å². The van der Waals surface area contributed by atoms with Gasteiger partial charge in [0.25, 0.3) is 0 Å². The minimum Gasteiger partial charge on any atom is -0.462 e. The molecule has 0 N–H and O–H groups in total. The van der Waals surface area contributed by atoms with Gasteiger partial charge in [-0.2, -0.15) is 0 Å². The van der Waals surface area contributed by atoms with Crippen LogP contribution in [0.3, 0.4) is 0 Å². The predicted octanol–water partition coefficient (Wildman–Crippen LogP) is 21.1. The second kappa shape index (κ2) is 55.2. The van der Waals surface area contributed by atoms with Crippen LogP contribution in [0.2, 0.25) is 0 Å². The smallest absolute Gasteiger partial charge is 0.306 e. The Morgan fingerprint density at radius 2 is 0.414 bits per heavy atom. The first-order valence-corrected chi connectivity index (χ1v) is 31.6. The molecule has 1 atom stereocenters. The fraction of sp³-hybridized carbons (Fsp3) is 0.953. The third-order valence-corrected chi connectivity index (χ3v) is 14.6. The molecule has 6 nitrogen and oxygen atoms in total. The summed E-state index contributed by atoms with van der Waals surface area (Å²) >= 11 is 0. The second-order valence-electron chi connectivity index (χ2n) is 23.5. The van der Waals surface area contributed by atoms with Gasteiger partial charge in [-0.15, -0.1) is 0 Å². The van der Waals surface area contributed by atoms with E-state index in [9.17, 15) is 14.4 Å². The standard InChI is InChI=1S/C64H124O6/c1-58(2)50-44-38-32-26-20-14-11-9-7-8-10-12-16-23-29-35-41-47-53-62(65)68-56-61(57-69-63(66)54-48-42-36-30-24-19-18-22-28-34-40-46-52-60(5)6)70-64(67)55-49-43-37-31-25-17-13-15-21-27-33-39-45-51-59(3)4/h58-61H,7-57H2,1-6H3/t61-/m0/s1. The van der Waals surface area contributed by atoms with Crippen molar-refractivity contribution in [3.8, 4) is 0 Å². The molecule has 0 bridgehead atoms. The van der Waals surface area contributed by atoms with Crippen LogP contribution in [0.4, 0.5) is 0 Å². The van der Waals surface area contributed by atoms with Gasteiger partial charge >= 0.3 is 17.9 Å². The van der Waals surface area contributed by atoms with E-state index in [0.717, 1.165) is 75.5 Å². The summed E-state index contributed by atoms with van der Waals surface area (Å²) in [6, 6.07) is 0. The van der Waals surface area contributed by atoms with E-state index in [0.29, 0.717) is 19.3 Å². The second-order valence-corrected chi connectivity index (χ2v) is 23.5. The Kier molecular flexibility index (Phi) is 53.9. The van der Waals surface area contributed by atoms with Gasteiger partial charge in [-0.3, -0.25) is 14.4 Å². The third-order valence-electron chi connectivity index (χ3n) is 14.6. The molecule has 0 aliphatic rings. The first kappa shape index (κ1) is 68.4. The van der Waals surface area contributed by atoms with Crippen molar-refractivity contribution in [2.24, 2.45) is 17.8 Å². The quantitative estimate of drug-likeness (QED) is 0.0343. The molecule has 0 aliphatic carbocycles. The van der Waals surface area contributed by atoms with E-state index in [2.05, 4.69) is 41.5 Å². The summed E-state index contributed by atoms with van der Waals surface area (Å²) in [5.74, 6) is 1.69. The Morgan fingerprint density at radius 1 is 0.243 bits per heavy atom. The van der Waals surface area contributed by atoms with Crippen molar-refractivity contribution in [2.75, 3.05) is 13.2 Å². The molecule has 0 spiro atoms. The lowest BCUT2D eigenvalue weighted by molar-refractivity contribution is -0.167. The van der Waals surface area contributed by atoms with E-state index in [1.165, 1.54) is 238 Å². The van der Waals surface area contributed by atoms with Gasteiger partial charge in [0.15, 0.2) is 6.10 Å². The lowest BCUT2D eigenvalue weighted by Gasteiger charge is -2.18. The van der Waals surface area contributed by atoms with Gasteiger partial charge < -0.3 is 14.2 Å². The van der Waals surface area contributed by atoms with Gasteiger partial charge in [-0.25, -0.2) is 0 Å². The van der Waals surface area contributed by atoms with Gasteiger partial charge in [0.1, 0.15) is 13.2 Å². The average molecular weight is 990 g/mol. The molecule has 0 saturated carbocycles. The molecular formula is C64H124O6. The molecule has 0 radical (unpaired) electrons. The molecule has 70 heavy (non-hydrogen) atoms. The highest BCUT2D eigenvalue weighted by atomic mass is 16.6. The minimum atomic E-state index is -0.764. The Bertz CT molecular complexity index is 1090. The number of unbranched alkanes of at least 4 members (excludes halogenated alkanes) is 40. The topological polar surface area (TPSA) is 78.9 Å². The fourth-order valence-corrected chi connectivity index (χ4v) is 9.88. The number of hydrogen-bond acceptors (Lipinski definition) is 6. The maximum atomic E-state index is 12.9. The van der Waals surface area contributed by atoms with Gasteiger partial charge in [-0.05, 0) is 37.0 Å². The van der Waals surface area contributed by atoms with E-state index in [-0.39, 0.29) is 31.1 Å². The third kappa shape index (κ3) is 57.3. The molecule has 0 amide bonds. The number of hydrogen-bond donors (Lipinski definition) is 0. The normalized spacial score (nSPS) is 12.1. The van der Waals surface area contributed by atoms with Crippen molar-refractivity contribution in [1.82, 2.24) is 0 Å². The number of rotatable bonds is 57. The van der Waals surface area contributed by atoms with Gasteiger partial charge in [-0.1, -0.05) is 318 Å². The van der Waals surface area contributed by atoms with Crippen LogP contribution in [0.25, 0.3) is 0 Å². The zero-order chi connectivity index (χ0) is 51.2. The Balaban J connectivity index is 4.27. The van der Waals surface area contributed by atoms with Crippen molar-refractivity contribution in [1.29, 1.82) is 0 Å². The molecule has 416 valence electrons. The van der Waals surface area contributed by atoms with E-state index in [1.54, 1.807) is 0 Å². The largest absolute Gasteiger partial charge is 0.462 e. The molecule has 0 aromatic heterocycles. The molecule has 6 heteroatoms. The number of carbonyl (C=O) groups excluding carboxylic acids is 3. The maximum Gasteiger partial charge on any atom is 0.306 e. The lowest BCUT2D eigenvalue weighted by Crippen LogP contribution is -2.30. The van der Waals surface area contributed by atoms with E-state index < -0.39 is 6.10 Å². The van der Waals surface area contributed by atoms with Crippen molar-refractivity contribution in [3.63, 3.8) is 0 Å². The van der Waals surface area contributed by atoms with Crippen LogP contribution in [0.5, 0.6) is 0 Å². The van der Waals surface area contributed by atoms with Crippen LogP contribution in [0.1, 0.15) is 356 Å². The van der Waals surface area contributed by atoms with E-state index >= 15 is 0 Å². The fourth-order valence-electron chi connectivity index (χ4n) is 9.88. The lowest BCUT2D eigenvalue weighted by atomic mass is 10.0. The summed E-state index contributed by atoms with van der Waals surface area (Å²) in [5, 5.41) is 0. The highest BCUT2D eigenvalue weighted by Crippen LogP contribution is 2.19. The molecule has 0 fully saturated rings. The Morgan fingerprint density at radius 3 is 0.614 bits per heavy atom. The minimum absolute atomic E-state index is 0.0627. The van der Waals surface area contributed by atoms with Gasteiger partial charge in [0.2, 0.25) is 0 Å². The Labute approximate surface area is 438 Å². The number of carbonyl (C=O) groups is 3. The maximum absolute atomic E-state index is 12.9. The highest BCUT2D eigenvalue weighted by Gasteiger charge is 2.19. The monoisotopic (exact) mass is 989 g/mol. The van der Waals surface area contributed by atoms with Gasteiger partial charge in [0, 0.05) is 19.3 Å². The van der Waals surface area contributed by atoms with Crippen molar-refractivity contribution >= 4 is 17.9 Å². The SMILES string of the molecule is CC(C)CCCCCCCCCCCCCCCCCCCCC(=O)OC[C@@H](COC(=O)CCCCCCCCCCCCCCC(C)C)OC(=O)CCCCCCCCCCCCCCCC(C)C. The van der Waals surface area contributed by atoms with Crippen molar-refractivity contribution < 1.29 is 28.6 Å². The molecule has 0 unspecified atom stereocenters.